The molecule has 16 nitrogen and oxygen atoms in total. The van der Waals surface area contributed by atoms with Crippen LogP contribution < -0.4 is 24.4 Å². The number of carbonyl (C=O) groups is 2. The molecule has 5 aliphatic rings. The lowest BCUT2D eigenvalue weighted by molar-refractivity contribution is -0.138. The quantitative estimate of drug-likeness (QED) is 0.0866. The maximum atomic E-state index is 14.7. The normalized spacial score (nSPS) is 24.3. The number of rotatable bonds is 12. The number of halogens is 1. The van der Waals surface area contributed by atoms with Gasteiger partial charge in [0, 0.05) is 81.2 Å². The zero-order chi connectivity index (χ0) is 50.7. The van der Waals surface area contributed by atoms with Gasteiger partial charge in [-0.2, -0.15) is 0 Å². The van der Waals surface area contributed by atoms with Crippen molar-refractivity contribution < 1.29 is 37.0 Å². The lowest BCUT2D eigenvalue weighted by Crippen LogP contribution is -2.65. The monoisotopic (exact) mass is 1000 g/mol. The summed E-state index contributed by atoms with van der Waals surface area (Å²) in [5.41, 5.74) is 3.15. The number of nitroso groups, excluding NO2 is 1. The number of ether oxygens (including phenoxy) is 2. The Bertz CT molecular complexity index is 2990. The smallest absolute Gasteiger partial charge is 0.268 e. The Labute approximate surface area is 420 Å². The van der Waals surface area contributed by atoms with Crippen LogP contribution in [0.5, 0.6) is 17.2 Å². The predicted molar refractivity (Wildman–Crippen MR) is 273 cm³/mol. The average molecular weight is 1010 g/mol. The van der Waals surface area contributed by atoms with Crippen LogP contribution in [-0.2, 0) is 14.8 Å². The molecule has 10 rings (SSSR count). The Morgan fingerprint density at radius 1 is 0.986 bits per heavy atom. The summed E-state index contributed by atoms with van der Waals surface area (Å²) in [6.45, 7) is 15.3. The van der Waals surface area contributed by atoms with Crippen molar-refractivity contribution >= 4 is 49.9 Å². The van der Waals surface area contributed by atoms with E-state index in [1.54, 1.807) is 12.1 Å². The van der Waals surface area contributed by atoms with Crippen molar-refractivity contribution in [1.29, 1.82) is 0 Å². The van der Waals surface area contributed by atoms with E-state index in [1.807, 2.05) is 20.8 Å². The number of H-pyrrole nitrogens is 1. The fraction of sp³-hybridized carbons (Fsp3) is 0.500. The molecule has 2 aromatic heterocycles. The molecule has 0 bridgehead atoms. The second-order valence-electron chi connectivity index (χ2n) is 21.8. The third-order valence-electron chi connectivity index (χ3n) is 16.1. The van der Waals surface area contributed by atoms with Gasteiger partial charge in [-0.3, -0.25) is 14.5 Å². The van der Waals surface area contributed by atoms with Crippen LogP contribution in [0.4, 0.5) is 21.5 Å². The average Bonchev–Trinajstić information content (AvgIpc) is 3.73. The molecule has 1 aliphatic carbocycles. The molecule has 1 spiro atoms. The Hall–Kier alpha value is -6.11. The SMILES string of the molecule is CC(C)C(=O)N1CC[C@@H](N2CC3(CCN(c4ccc(C(=O)NS(=O)(=O)c5cc(N=O)c6c(c5)OC[C@H]([C@H]5CC[C@](C)(O)CC5)N6)c(Oc5cnc6[nH]cc(F)c6c5)c4)CC3)C2)[C@@H](c2ccccc2C(C)C)C1. The minimum atomic E-state index is -4.61. The Kier molecular flexibility index (Phi) is 13.3. The Morgan fingerprint density at radius 2 is 1.74 bits per heavy atom. The Balaban J connectivity index is 0.856. The van der Waals surface area contributed by atoms with Gasteiger partial charge in [-0.25, -0.2) is 22.5 Å². The number of piperidine rings is 2. The molecule has 72 heavy (non-hydrogen) atoms. The number of fused-ring (bicyclic) bond motifs is 2. The third kappa shape index (κ3) is 9.76. The van der Waals surface area contributed by atoms with Gasteiger partial charge in [0.05, 0.1) is 33.7 Å². The van der Waals surface area contributed by atoms with Crippen LogP contribution in [0, 0.1) is 28.0 Å². The number of sulfonamides is 1. The van der Waals surface area contributed by atoms with Gasteiger partial charge in [-0.15, -0.1) is 4.91 Å². The number of aromatic amines is 1. The second kappa shape index (κ2) is 19.4. The highest BCUT2D eigenvalue weighted by Crippen LogP contribution is 2.48. The van der Waals surface area contributed by atoms with Crippen LogP contribution in [0.1, 0.15) is 113 Å². The first-order valence-corrected chi connectivity index (χ1v) is 26.9. The van der Waals surface area contributed by atoms with Crippen molar-refractivity contribution in [3.63, 3.8) is 0 Å². The summed E-state index contributed by atoms with van der Waals surface area (Å²) in [7, 11) is -4.61. The summed E-state index contributed by atoms with van der Waals surface area (Å²) in [6.07, 6.45) is 8.15. The number of likely N-dealkylation sites (tertiary alicyclic amines) is 2. The van der Waals surface area contributed by atoms with Gasteiger partial charge >= 0.3 is 0 Å². The molecular weight excluding hydrogens is 940 g/mol. The van der Waals surface area contributed by atoms with Gasteiger partial charge in [0.25, 0.3) is 15.9 Å². The molecule has 2 amide bonds. The summed E-state index contributed by atoms with van der Waals surface area (Å²) < 4.78 is 57.2. The molecule has 382 valence electrons. The number of hydrogen-bond acceptors (Lipinski definition) is 13. The molecule has 6 heterocycles. The Morgan fingerprint density at radius 3 is 2.46 bits per heavy atom. The minimum absolute atomic E-state index is 0.0332. The first-order chi connectivity index (χ1) is 34.4. The van der Waals surface area contributed by atoms with Crippen molar-refractivity contribution in [1.82, 2.24) is 24.5 Å². The number of anilines is 2. The summed E-state index contributed by atoms with van der Waals surface area (Å²) >= 11 is 0. The maximum Gasteiger partial charge on any atom is 0.268 e. The zero-order valence-corrected chi connectivity index (χ0v) is 42.4. The van der Waals surface area contributed by atoms with E-state index >= 15 is 0 Å². The van der Waals surface area contributed by atoms with Crippen molar-refractivity contribution in [3.8, 4) is 17.2 Å². The second-order valence-corrected chi connectivity index (χ2v) is 23.5. The van der Waals surface area contributed by atoms with Crippen molar-refractivity contribution in [3.05, 3.63) is 100 Å². The number of carbonyl (C=O) groups excluding carboxylic acids is 2. The van der Waals surface area contributed by atoms with Crippen molar-refractivity contribution in [2.45, 2.75) is 114 Å². The molecule has 3 aromatic carbocycles. The molecule has 1 saturated carbocycles. The highest BCUT2D eigenvalue weighted by atomic mass is 32.2. The highest BCUT2D eigenvalue weighted by Gasteiger charge is 2.50. The van der Waals surface area contributed by atoms with Gasteiger partial charge in [0.15, 0.2) is 0 Å². The molecular formula is C54H65FN8O8S. The fourth-order valence-electron chi connectivity index (χ4n) is 12.0. The van der Waals surface area contributed by atoms with Crippen LogP contribution in [0.25, 0.3) is 11.0 Å². The standard InChI is InChI=1S/C54H65FN8O8S/c1-32(2)38-8-6-7-9-39(38)42-28-62(52(65)33(3)4)19-14-46(42)63-30-54(31-63)17-20-61(21-18-54)35-10-11-40(47(22-35)71-36-23-41-43(55)27-57-50(41)56-26-36)51(64)60-72(68,69)37-24-44(59-67)49-48(25-37)70-29-45(58-49)34-12-15-53(5,66)16-13-34/h6-11,22-27,32-34,42,45-46,58,66H,12-21,28-31H2,1-5H3,(H,56,57)(H,60,64)/t34-,42-,45-,46-,53-/m1/s1. The molecule has 4 N–H and O–H groups in total. The molecule has 3 saturated heterocycles. The molecule has 4 fully saturated rings. The largest absolute Gasteiger partial charge is 0.489 e. The van der Waals surface area contributed by atoms with Crippen LogP contribution in [0.15, 0.2) is 83.1 Å². The van der Waals surface area contributed by atoms with E-state index in [0.717, 1.165) is 76.6 Å². The number of nitrogens with one attached hydrogen (secondary N) is 3. The lowest BCUT2D eigenvalue weighted by atomic mass is 9.69. The number of hydrogen-bond donors (Lipinski definition) is 4. The summed E-state index contributed by atoms with van der Waals surface area (Å²) in [5.74, 6) is -0.359. The molecule has 0 unspecified atom stereocenters. The number of nitrogens with zero attached hydrogens (tertiary/aromatic N) is 5. The van der Waals surface area contributed by atoms with Crippen molar-refractivity contribution in [2.75, 3.05) is 56.1 Å². The number of pyridine rings is 1. The first-order valence-electron chi connectivity index (χ1n) is 25.4. The van der Waals surface area contributed by atoms with Crippen LogP contribution >= 0.6 is 0 Å². The topological polar surface area (TPSA) is 199 Å². The number of aromatic nitrogens is 2. The summed E-state index contributed by atoms with van der Waals surface area (Å²) in [6, 6.07) is 17.7. The predicted octanol–water partition coefficient (Wildman–Crippen LogP) is 9.19. The van der Waals surface area contributed by atoms with Crippen LogP contribution in [-0.4, -0.2) is 109 Å². The third-order valence-corrected chi connectivity index (χ3v) is 17.5. The van der Waals surface area contributed by atoms with E-state index in [9.17, 15) is 32.4 Å². The van der Waals surface area contributed by atoms with E-state index < -0.39 is 32.2 Å². The van der Waals surface area contributed by atoms with Crippen LogP contribution in [0.3, 0.4) is 0 Å². The maximum absolute atomic E-state index is 14.7. The number of amides is 2. The summed E-state index contributed by atoms with van der Waals surface area (Å²) in [4.78, 5) is 53.3. The van der Waals surface area contributed by atoms with Gasteiger partial charge in [-0.05, 0) is 110 Å². The van der Waals surface area contributed by atoms with Crippen LogP contribution in [0.2, 0.25) is 0 Å². The van der Waals surface area contributed by atoms with E-state index in [2.05, 4.69) is 78.0 Å². The van der Waals surface area contributed by atoms with Gasteiger partial charge in [0.2, 0.25) is 5.91 Å². The van der Waals surface area contributed by atoms with Gasteiger partial charge < -0.3 is 34.7 Å². The molecule has 4 aliphatic heterocycles. The zero-order valence-electron chi connectivity index (χ0n) is 41.6. The van der Waals surface area contributed by atoms with E-state index in [0.29, 0.717) is 37.0 Å². The van der Waals surface area contributed by atoms with Crippen molar-refractivity contribution in [2.24, 2.45) is 22.4 Å². The van der Waals surface area contributed by atoms with E-state index in [-0.39, 0.29) is 81.3 Å². The molecule has 5 aromatic rings. The minimum Gasteiger partial charge on any atom is -0.489 e. The van der Waals surface area contributed by atoms with Gasteiger partial charge in [0.1, 0.15) is 46.7 Å². The highest BCUT2D eigenvalue weighted by molar-refractivity contribution is 7.90. The number of benzene rings is 3. The molecule has 18 heteroatoms. The lowest BCUT2D eigenvalue weighted by Gasteiger charge is -2.59. The first kappa shape index (κ1) is 49.5. The van der Waals surface area contributed by atoms with E-state index in [1.165, 1.54) is 41.7 Å². The number of aliphatic hydroxyl groups is 1. The van der Waals surface area contributed by atoms with Gasteiger partial charge in [-0.1, -0.05) is 52.0 Å². The molecule has 3 atom stereocenters. The fourth-order valence-corrected chi connectivity index (χ4v) is 13.0. The summed E-state index contributed by atoms with van der Waals surface area (Å²) in [5, 5.41) is 17.1. The molecule has 0 radical (unpaired) electrons. The van der Waals surface area contributed by atoms with E-state index in [4.69, 9.17) is 9.47 Å².